The summed E-state index contributed by atoms with van der Waals surface area (Å²) in [4.78, 5) is 0. The number of aliphatic hydroxyl groups excluding tert-OH is 1. The molecule has 0 aromatic heterocycles. The van der Waals surface area contributed by atoms with Crippen molar-refractivity contribution in [2.45, 2.75) is 45.6 Å². The molecule has 1 aliphatic carbocycles. The van der Waals surface area contributed by atoms with E-state index in [1.54, 1.807) is 0 Å². The Morgan fingerprint density at radius 2 is 1.90 bits per heavy atom. The summed E-state index contributed by atoms with van der Waals surface area (Å²) in [5, 5.41) is 11.5. The number of rotatable bonds is 3. The molecule has 2 nitrogen and oxygen atoms in total. The molecule has 0 heterocycles. The van der Waals surface area contributed by atoms with Gasteiger partial charge in [0.15, 0.2) is 0 Å². The van der Waals surface area contributed by atoms with Gasteiger partial charge in [-0.05, 0) is 49.3 Å². The third kappa shape index (κ3) is 3.22. The van der Waals surface area contributed by atoms with Crippen LogP contribution in [0.5, 0.6) is 0 Å². The molecule has 0 spiro atoms. The molecule has 1 unspecified atom stereocenters. The summed E-state index contributed by atoms with van der Waals surface area (Å²) in [5.41, 5.74) is 6.92. The Morgan fingerprint density at radius 1 is 1.30 bits per heavy atom. The maximum atomic E-state index is 10.9. The van der Waals surface area contributed by atoms with Gasteiger partial charge in [-0.3, -0.25) is 0 Å². The molecular formula is C16H23BrClNO. The van der Waals surface area contributed by atoms with Gasteiger partial charge in [0.05, 0.1) is 6.10 Å². The fourth-order valence-electron chi connectivity index (χ4n) is 3.07. The van der Waals surface area contributed by atoms with Gasteiger partial charge < -0.3 is 10.8 Å². The van der Waals surface area contributed by atoms with E-state index in [-0.39, 0.29) is 5.41 Å². The quantitative estimate of drug-likeness (QED) is 0.822. The lowest BCUT2D eigenvalue weighted by atomic mass is 9.62. The second kappa shape index (κ2) is 5.96. The SMILES string of the molecule is CC1(C)CCC(CN)(C(O)c2cc(Br)ccc2Cl)CC1. The Kier molecular flexibility index (Phi) is 4.85. The Morgan fingerprint density at radius 3 is 2.45 bits per heavy atom. The Bertz CT molecular complexity index is 479. The summed E-state index contributed by atoms with van der Waals surface area (Å²) in [7, 11) is 0. The Labute approximate surface area is 134 Å². The first-order valence-electron chi connectivity index (χ1n) is 7.13. The maximum absolute atomic E-state index is 10.9. The highest BCUT2D eigenvalue weighted by atomic mass is 79.9. The van der Waals surface area contributed by atoms with Crippen LogP contribution in [0, 0.1) is 10.8 Å². The zero-order valence-electron chi connectivity index (χ0n) is 12.1. The number of aliphatic hydroxyl groups is 1. The fraction of sp³-hybridized carbons (Fsp3) is 0.625. The lowest BCUT2D eigenvalue weighted by Crippen LogP contribution is -2.42. The van der Waals surface area contributed by atoms with Crippen LogP contribution in [0.15, 0.2) is 22.7 Å². The molecule has 1 atom stereocenters. The summed E-state index contributed by atoms with van der Waals surface area (Å²) in [6, 6.07) is 5.61. The van der Waals surface area contributed by atoms with Gasteiger partial charge in [-0.15, -0.1) is 0 Å². The molecule has 3 N–H and O–H groups in total. The number of nitrogens with two attached hydrogens (primary N) is 1. The first-order chi connectivity index (χ1) is 9.30. The van der Waals surface area contributed by atoms with Crippen molar-refractivity contribution in [3.63, 3.8) is 0 Å². The second-order valence-electron chi connectivity index (χ2n) is 6.80. The first-order valence-corrected chi connectivity index (χ1v) is 8.30. The molecule has 1 aliphatic rings. The molecule has 0 radical (unpaired) electrons. The zero-order chi connectivity index (χ0) is 15.0. The third-order valence-corrected chi connectivity index (χ3v) is 5.68. The van der Waals surface area contributed by atoms with E-state index < -0.39 is 6.10 Å². The highest BCUT2D eigenvalue weighted by Crippen LogP contribution is 2.51. The lowest BCUT2D eigenvalue weighted by Gasteiger charge is -2.46. The average Bonchev–Trinajstić information content (AvgIpc) is 2.41. The molecule has 0 saturated heterocycles. The van der Waals surface area contributed by atoms with Crippen molar-refractivity contribution >= 4 is 27.5 Å². The van der Waals surface area contributed by atoms with E-state index in [0.29, 0.717) is 17.0 Å². The van der Waals surface area contributed by atoms with Crippen molar-refractivity contribution in [3.8, 4) is 0 Å². The fourth-order valence-corrected chi connectivity index (χ4v) is 3.67. The molecular weight excluding hydrogens is 338 g/mol. The van der Waals surface area contributed by atoms with Gasteiger partial charge in [-0.2, -0.15) is 0 Å². The number of benzene rings is 1. The molecule has 0 amide bonds. The largest absolute Gasteiger partial charge is 0.388 e. The van der Waals surface area contributed by atoms with Gasteiger partial charge in [-0.25, -0.2) is 0 Å². The molecule has 112 valence electrons. The van der Waals surface area contributed by atoms with E-state index in [2.05, 4.69) is 29.8 Å². The monoisotopic (exact) mass is 359 g/mol. The summed E-state index contributed by atoms with van der Waals surface area (Å²) in [5.74, 6) is 0. The number of hydrogen-bond donors (Lipinski definition) is 2. The predicted octanol–water partition coefficient (Wildman–Crippen LogP) is 4.68. The molecule has 1 aromatic rings. The van der Waals surface area contributed by atoms with Gasteiger partial charge in [0.25, 0.3) is 0 Å². The summed E-state index contributed by atoms with van der Waals surface area (Å²) >= 11 is 9.71. The van der Waals surface area contributed by atoms with Crippen molar-refractivity contribution in [1.29, 1.82) is 0 Å². The van der Waals surface area contributed by atoms with Crippen molar-refractivity contribution in [2.75, 3.05) is 6.54 Å². The Balaban J connectivity index is 2.30. The van der Waals surface area contributed by atoms with Crippen LogP contribution in [0.1, 0.15) is 51.2 Å². The molecule has 2 rings (SSSR count). The van der Waals surface area contributed by atoms with Crippen LogP contribution in [0.4, 0.5) is 0 Å². The van der Waals surface area contributed by atoms with E-state index in [1.165, 1.54) is 0 Å². The van der Waals surface area contributed by atoms with Crippen molar-refractivity contribution < 1.29 is 5.11 Å². The Hall–Kier alpha value is -0.0900. The van der Waals surface area contributed by atoms with Crippen LogP contribution in [0.3, 0.4) is 0 Å². The molecule has 1 fully saturated rings. The third-order valence-electron chi connectivity index (χ3n) is 4.84. The van der Waals surface area contributed by atoms with Crippen molar-refractivity contribution in [2.24, 2.45) is 16.6 Å². The summed E-state index contributed by atoms with van der Waals surface area (Å²) < 4.78 is 0.930. The van der Waals surface area contributed by atoms with Gasteiger partial charge >= 0.3 is 0 Å². The molecule has 1 aromatic carbocycles. The highest BCUT2D eigenvalue weighted by molar-refractivity contribution is 9.10. The predicted molar refractivity (Wildman–Crippen MR) is 87.8 cm³/mol. The van der Waals surface area contributed by atoms with Crippen LogP contribution >= 0.6 is 27.5 Å². The van der Waals surface area contributed by atoms with Gasteiger partial charge in [-0.1, -0.05) is 41.4 Å². The smallest absolute Gasteiger partial charge is 0.0873 e. The number of halogens is 2. The minimum Gasteiger partial charge on any atom is -0.388 e. The van der Waals surface area contributed by atoms with Crippen molar-refractivity contribution in [1.82, 2.24) is 0 Å². The summed E-state index contributed by atoms with van der Waals surface area (Å²) in [6.45, 7) is 5.06. The molecule has 4 heteroatoms. The van der Waals surface area contributed by atoms with Crippen molar-refractivity contribution in [3.05, 3.63) is 33.3 Å². The molecule has 0 bridgehead atoms. The van der Waals surface area contributed by atoms with Gasteiger partial charge in [0.2, 0.25) is 0 Å². The topological polar surface area (TPSA) is 46.2 Å². The van der Waals surface area contributed by atoms with E-state index in [4.69, 9.17) is 17.3 Å². The second-order valence-corrected chi connectivity index (χ2v) is 8.12. The minimum atomic E-state index is -0.603. The van der Waals surface area contributed by atoms with E-state index in [9.17, 15) is 5.11 Å². The minimum absolute atomic E-state index is 0.250. The normalized spacial score (nSPS) is 22.5. The van der Waals surface area contributed by atoms with Crippen LogP contribution in [-0.4, -0.2) is 11.7 Å². The van der Waals surface area contributed by atoms with Crippen LogP contribution in [-0.2, 0) is 0 Å². The van der Waals surface area contributed by atoms with Gasteiger partial charge in [0.1, 0.15) is 0 Å². The highest BCUT2D eigenvalue weighted by Gasteiger charge is 2.43. The average molecular weight is 361 g/mol. The zero-order valence-corrected chi connectivity index (χ0v) is 14.5. The molecule has 1 saturated carbocycles. The lowest BCUT2D eigenvalue weighted by molar-refractivity contribution is -0.0235. The molecule has 0 aliphatic heterocycles. The maximum Gasteiger partial charge on any atom is 0.0873 e. The van der Waals surface area contributed by atoms with E-state index in [1.807, 2.05) is 18.2 Å². The van der Waals surface area contributed by atoms with Crippen LogP contribution < -0.4 is 5.73 Å². The molecule has 20 heavy (non-hydrogen) atoms. The van der Waals surface area contributed by atoms with E-state index in [0.717, 1.165) is 35.7 Å². The van der Waals surface area contributed by atoms with E-state index >= 15 is 0 Å². The van der Waals surface area contributed by atoms with Crippen LogP contribution in [0.2, 0.25) is 5.02 Å². The summed E-state index contributed by atoms with van der Waals surface area (Å²) in [6.07, 6.45) is 3.47. The standard InChI is InChI=1S/C16H23BrClNO/c1-15(2)5-7-16(10-19,8-6-15)14(20)12-9-11(17)3-4-13(12)18/h3-4,9,14,20H,5-8,10,19H2,1-2H3. The first kappa shape index (κ1) is 16.3. The number of hydrogen-bond acceptors (Lipinski definition) is 2. The van der Waals surface area contributed by atoms with Gasteiger partial charge in [0, 0.05) is 27.0 Å². The van der Waals surface area contributed by atoms with Crippen LogP contribution in [0.25, 0.3) is 0 Å².